The van der Waals surface area contributed by atoms with Crippen molar-refractivity contribution >= 4 is 35.5 Å². The van der Waals surface area contributed by atoms with E-state index in [-0.39, 0.29) is 37.7 Å². The molecule has 0 aliphatic heterocycles. The molecule has 2 aromatic carbocycles. The fourth-order valence-electron chi connectivity index (χ4n) is 3.99. The van der Waals surface area contributed by atoms with Crippen LogP contribution in [0, 0.1) is 18.8 Å². The third kappa shape index (κ3) is 13.0. The molecule has 0 aliphatic rings. The van der Waals surface area contributed by atoms with Crippen LogP contribution in [0.15, 0.2) is 53.6 Å². The summed E-state index contributed by atoms with van der Waals surface area (Å²) in [5.41, 5.74) is 15.7. The minimum Gasteiger partial charge on any atom is -0.429 e. The van der Waals surface area contributed by atoms with E-state index in [1.807, 2.05) is 19.1 Å². The zero-order chi connectivity index (χ0) is 31.8. The van der Waals surface area contributed by atoms with E-state index in [0.717, 1.165) is 5.56 Å². The average Bonchev–Trinajstić information content (AvgIpc) is 2.96. The van der Waals surface area contributed by atoms with Gasteiger partial charge in [0.2, 0.25) is 11.8 Å². The Morgan fingerprint density at radius 1 is 1.02 bits per heavy atom. The van der Waals surface area contributed by atoms with Crippen LogP contribution < -0.4 is 26.4 Å². The zero-order valence-electron chi connectivity index (χ0n) is 24.4. The number of ketones is 1. The zero-order valence-corrected chi connectivity index (χ0v) is 24.4. The summed E-state index contributed by atoms with van der Waals surface area (Å²) in [6.45, 7) is 5.12. The van der Waals surface area contributed by atoms with Gasteiger partial charge in [-0.15, -0.1) is 0 Å². The Bertz CT molecular complexity index is 1310. The molecule has 2 rings (SSSR count). The van der Waals surface area contributed by atoms with Gasteiger partial charge in [-0.1, -0.05) is 48.8 Å². The molecule has 4 amide bonds. The van der Waals surface area contributed by atoms with E-state index in [2.05, 4.69) is 26.0 Å². The number of aryl methyl sites for hydroxylation is 1. The van der Waals surface area contributed by atoms with Gasteiger partial charge in [-0.05, 0) is 61.0 Å². The summed E-state index contributed by atoms with van der Waals surface area (Å²) in [7, 11) is 0. The third-order valence-electron chi connectivity index (χ3n) is 6.25. The topological polar surface area (TPSA) is 215 Å². The highest BCUT2D eigenvalue weighted by Crippen LogP contribution is 2.20. The maximum atomic E-state index is 13.2. The van der Waals surface area contributed by atoms with Crippen LogP contribution >= 0.6 is 0 Å². The molecule has 0 fully saturated rings. The summed E-state index contributed by atoms with van der Waals surface area (Å²) in [4.78, 5) is 64.0. The Kier molecular flexibility index (Phi) is 14.0. The molecule has 0 radical (unpaired) electrons. The number of primary amides is 1. The largest absolute Gasteiger partial charge is 0.514 e. The van der Waals surface area contributed by atoms with Crippen molar-refractivity contribution in [2.45, 2.75) is 52.7 Å². The second-order valence-electron chi connectivity index (χ2n) is 10.1. The molecule has 14 nitrogen and oxygen atoms in total. The first-order chi connectivity index (χ1) is 20.5. The number of urea groups is 1. The molecule has 43 heavy (non-hydrogen) atoms. The van der Waals surface area contributed by atoms with Gasteiger partial charge in [-0.3, -0.25) is 14.4 Å². The van der Waals surface area contributed by atoms with Crippen LogP contribution in [0.25, 0.3) is 10.4 Å². The van der Waals surface area contributed by atoms with Crippen molar-refractivity contribution in [2.24, 2.45) is 22.7 Å². The lowest BCUT2D eigenvalue weighted by Crippen LogP contribution is -2.46. The van der Waals surface area contributed by atoms with Crippen molar-refractivity contribution in [1.82, 2.24) is 10.6 Å². The monoisotopic (exact) mass is 595 g/mol. The number of nitrogens with two attached hydrogens (primary N) is 1. The highest BCUT2D eigenvalue weighted by Gasteiger charge is 2.29. The molecule has 0 saturated heterocycles. The number of carbonyl (C=O) groups excluding carboxylic acids is 5. The van der Waals surface area contributed by atoms with E-state index in [1.54, 1.807) is 50.2 Å². The number of benzene rings is 2. The van der Waals surface area contributed by atoms with Crippen molar-refractivity contribution in [1.29, 1.82) is 0 Å². The summed E-state index contributed by atoms with van der Waals surface area (Å²) in [5.74, 6) is -2.10. The number of carbonyl (C=O) groups is 5. The Hall–Kier alpha value is -5.10. The first-order valence-electron chi connectivity index (χ1n) is 13.7. The number of anilines is 1. The first kappa shape index (κ1) is 34.1. The molecular formula is C29H37N7O7. The summed E-state index contributed by atoms with van der Waals surface area (Å²) >= 11 is 0. The molecule has 0 heterocycles. The molecule has 0 spiro atoms. The van der Waals surface area contributed by atoms with Crippen LogP contribution in [0.5, 0.6) is 5.75 Å². The number of amides is 4. The molecule has 0 bridgehead atoms. The van der Waals surface area contributed by atoms with Gasteiger partial charge in [0.15, 0.2) is 5.78 Å². The van der Waals surface area contributed by atoms with Crippen molar-refractivity contribution in [2.75, 3.05) is 18.4 Å². The lowest BCUT2D eigenvalue weighted by molar-refractivity contribution is -0.130. The van der Waals surface area contributed by atoms with Gasteiger partial charge in [0, 0.05) is 29.5 Å². The van der Waals surface area contributed by atoms with Crippen LogP contribution in [-0.4, -0.2) is 48.9 Å². The van der Waals surface area contributed by atoms with Gasteiger partial charge in [0.25, 0.3) is 0 Å². The molecule has 0 unspecified atom stereocenters. The Morgan fingerprint density at radius 2 is 1.70 bits per heavy atom. The predicted molar refractivity (Wildman–Crippen MR) is 158 cm³/mol. The van der Waals surface area contributed by atoms with Crippen molar-refractivity contribution < 1.29 is 33.4 Å². The molecule has 2 aromatic rings. The highest BCUT2D eigenvalue weighted by molar-refractivity contribution is 5.97. The van der Waals surface area contributed by atoms with E-state index in [4.69, 9.17) is 20.7 Å². The molecule has 0 aromatic heterocycles. The van der Waals surface area contributed by atoms with E-state index in [1.165, 1.54) is 0 Å². The SMILES string of the molecule is Cc1ccc(OC(=O)OCc2ccc(NC(=O)[C@@H](CCCNC(N)=O)CC(=O)[C@H](NC(=O)CN=[N+]=[N-])C(C)C)cc2)cc1. The minimum atomic E-state index is -0.891. The van der Waals surface area contributed by atoms with Crippen LogP contribution in [-0.2, 0) is 25.7 Å². The quantitative estimate of drug-likeness (QED) is 0.0555. The van der Waals surface area contributed by atoms with Gasteiger partial charge in [-0.2, -0.15) is 0 Å². The Morgan fingerprint density at radius 3 is 2.30 bits per heavy atom. The van der Waals surface area contributed by atoms with Gasteiger partial charge in [0.1, 0.15) is 18.9 Å². The van der Waals surface area contributed by atoms with E-state index in [0.29, 0.717) is 23.4 Å². The maximum absolute atomic E-state index is 13.2. The second-order valence-corrected chi connectivity index (χ2v) is 10.1. The fourth-order valence-corrected chi connectivity index (χ4v) is 3.99. The van der Waals surface area contributed by atoms with Gasteiger partial charge in [-0.25, -0.2) is 9.59 Å². The number of hydrogen-bond donors (Lipinski definition) is 4. The smallest absolute Gasteiger partial charge is 0.429 e. The number of azide groups is 1. The van der Waals surface area contributed by atoms with Gasteiger partial charge >= 0.3 is 12.2 Å². The predicted octanol–water partition coefficient (Wildman–Crippen LogP) is 4.12. The van der Waals surface area contributed by atoms with Crippen LogP contribution in [0.4, 0.5) is 15.3 Å². The van der Waals surface area contributed by atoms with Gasteiger partial charge in [0.05, 0.1) is 6.04 Å². The number of ether oxygens (including phenoxy) is 2. The molecule has 2 atom stereocenters. The summed E-state index contributed by atoms with van der Waals surface area (Å²) in [6, 6.07) is 11.9. The van der Waals surface area contributed by atoms with E-state index in [9.17, 15) is 24.0 Å². The number of hydrogen-bond acceptors (Lipinski definition) is 8. The lowest BCUT2D eigenvalue weighted by atomic mass is 9.89. The number of nitrogens with one attached hydrogen (secondary N) is 3. The second kappa shape index (κ2) is 17.7. The van der Waals surface area contributed by atoms with Crippen molar-refractivity contribution in [3.63, 3.8) is 0 Å². The van der Waals surface area contributed by atoms with E-state index >= 15 is 0 Å². The van der Waals surface area contributed by atoms with Crippen molar-refractivity contribution in [3.05, 3.63) is 70.1 Å². The number of rotatable bonds is 16. The van der Waals surface area contributed by atoms with E-state index < -0.39 is 42.5 Å². The van der Waals surface area contributed by atoms with Crippen LogP contribution in [0.1, 0.15) is 44.2 Å². The third-order valence-corrected chi connectivity index (χ3v) is 6.25. The van der Waals surface area contributed by atoms with Gasteiger partial charge < -0.3 is 31.2 Å². The highest BCUT2D eigenvalue weighted by atomic mass is 16.7. The molecule has 5 N–H and O–H groups in total. The molecular weight excluding hydrogens is 558 g/mol. The molecule has 0 aliphatic carbocycles. The summed E-state index contributed by atoms with van der Waals surface area (Å²) in [6.07, 6.45) is -0.404. The summed E-state index contributed by atoms with van der Waals surface area (Å²) < 4.78 is 10.3. The lowest BCUT2D eigenvalue weighted by Gasteiger charge is -2.24. The van der Waals surface area contributed by atoms with Crippen LogP contribution in [0.3, 0.4) is 0 Å². The maximum Gasteiger partial charge on any atom is 0.514 e. The average molecular weight is 596 g/mol. The summed E-state index contributed by atoms with van der Waals surface area (Å²) in [5, 5.41) is 11.0. The standard InChI is InChI=1S/C29H37N7O7/c1-18(2)26(35-25(38)16-33-36-31)24(37)15-21(5-4-14-32-28(30)40)27(39)34-22-10-8-20(9-11-22)17-42-29(41)43-23-12-6-19(3)7-13-23/h6-13,18,21,26H,4-5,14-17H2,1-3H3,(H,34,39)(H,35,38)(H3,30,32,40)/t21-,26+/m0/s1. The Balaban J connectivity index is 2.01. The first-order valence-corrected chi connectivity index (χ1v) is 13.7. The molecule has 14 heteroatoms. The van der Waals surface area contributed by atoms with Crippen molar-refractivity contribution in [3.8, 4) is 5.75 Å². The van der Waals surface area contributed by atoms with Crippen LogP contribution in [0.2, 0.25) is 0 Å². The minimum absolute atomic E-state index is 0.0507. The number of nitrogens with zero attached hydrogens (tertiary/aromatic N) is 3. The number of Topliss-reactive ketones (excluding diaryl/α,β-unsaturated/α-hetero) is 1. The molecule has 0 saturated carbocycles. The molecule has 230 valence electrons. The Labute approximate surface area is 249 Å². The normalized spacial score (nSPS) is 11.8. The fraction of sp³-hybridized carbons (Fsp3) is 0.414.